The zero-order valence-corrected chi connectivity index (χ0v) is 15.8. The second kappa shape index (κ2) is 10.1. The summed E-state index contributed by atoms with van der Waals surface area (Å²) in [6.45, 7) is 3.49. The van der Waals surface area contributed by atoms with Crippen molar-refractivity contribution in [2.45, 2.75) is 31.7 Å². The van der Waals surface area contributed by atoms with E-state index in [4.69, 9.17) is 4.74 Å². The first-order chi connectivity index (χ1) is 14.1. The van der Waals surface area contributed by atoms with Gasteiger partial charge in [0.05, 0.1) is 12.2 Å². The Morgan fingerprint density at radius 2 is 1.47 bits per heavy atom. The number of rotatable bonds is 10. The second-order valence-corrected chi connectivity index (χ2v) is 6.19. The lowest BCUT2D eigenvalue weighted by Gasteiger charge is -2.18. The number of carbonyl (C=O) groups is 1. The highest BCUT2D eigenvalue weighted by atomic mass is 19.4. The lowest BCUT2D eigenvalue weighted by Crippen LogP contribution is -2.31. The van der Waals surface area contributed by atoms with Gasteiger partial charge in [-0.3, -0.25) is 0 Å². The van der Waals surface area contributed by atoms with Crippen molar-refractivity contribution in [1.29, 1.82) is 0 Å². The van der Waals surface area contributed by atoms with Crippen LogP contribution in [0.5, 0.6) is 11.5 Å². The van der Waals surface area contributed by atoms with Crippen molar-refractivity contribution >= 4 is 11.5 Å². The van der Waals surface area contributed by atoms with Crippen molar-refractivity contribution in [3.63, 3.8) is 0 Å². The van der Waals surface area contributed by atoms with Crippen molar-refractivity contribution in [3.8, 4) is 11.5 Å². The Balaban J connectivity index is 1.82. The molecule has 0 saturated heterocycles. The third-order valence-corrected chi connectivity index (χ3v) is 3.76. The highest BCUT2D eigenvalue weighted by Gasteiger charge is 2.39. The van der Waals surface area contributed by atoms with E-state index in [1.54, 1.807) is 18.2 Å². The molecule has 2 aromatic rings. The molecular formula is C21H19F5O4. The lowest BCUT2D eigenvalue weighted by atomic mass is 10.1. The van der Waals surface area contributed by atoms with E-state index in [0.29, 0.717) is 5.56 Å². The van der Waals surface area contributed by atoms with Crippen LogP contribution in [0.25, 0.3) is 5.57 Å². The summed E-state index contributed by atoms with van der Waals surface area (Å²) in [5.74, 6) is -1.38. The van der Waals surface area contributed by atoms with E-state index in [9.17, 15) is 26.7 Å². The standard InChI is InChI=1S/C21H19F5O4/c1-15(16-7-3-2-4-8-16)19(27)30-21(25,26)29-18-11-9-17(10-12-18)28-14-6-5-13-20(22,23)24/h2-4,7-12H,1,5-6,13-14H2. The first-order valence-corrected chi connectivity index (χ1v) is 8.90. The van der Waals surface area contributed by atoms with E-state index >= 15 is 0 Å². The number of ether oxygens (including phenoxy) is 3. The molecule has 162 valence electrons. The van der Waals surface area contributed by atoms with Gasteiger partial charge >= 0.3 is 18.4 Å². The number of hydrogen-bond donors (Lipinski definition) is 0. The van der Waals surface area contributed by atoms with Gasteiger partial charge in [-0.25, -0.2) is 4.79 Å². The zero-order valence-electron chi connectivity index (χ0n) is 15.8. The third-order valence-electron chi connectivity index (χ3n) is 3.76. The fraction of sp³-hybridized carbons (Fsp3) is 0.286. The maximum Gasteiger partial charge on any atom is 0.588 e. The number of hydrogen-bond acceptors (Lipinski definition) is 4. The summed E-state index contributed by atoms with van der Waals surface area (Å²) in [6, 6.07) is 12.9. The van der Waals surface area contributed by atoms with Crippen LogP contribution in [-0.4, -0.2) is 25.0 Å². The molecule has 0 heterocycles. The van der Waals surface area contributed by atoms with Gasteiger partial charge in [-0.2, -0.15) is 13.2 Å². The van der Waals surface area contributed by atoms with Gasteiger partial charge in [0, 0.05) is 6.42 Å². The average molecular weight is 430 g/mol. The molecule has 0 unspecified atom stereocenters. The number of benzene rings is 2. The molecule has 2 rings (SSSR count). The maximum atomic E-state index is 13.9. The number of halogens is 5. The SMILES string of the molecule is C=C(C(=O)OC(F)(F)Oc1ccc(OCCCCC(F)(F)F)cc1)c1ccccc1. The molecule has 0 N–H and O–H groups in total. The van der Waals surface area contributed by atoms with Crippen LogP contribution in [0.3, 0.4) is 0 Å². The topological polar surface area (TPSA) is 44.8 Å². The van der Waals surface area contributed by atoms with Gasteiger partial charge in [0.2, 0.25) is 0 Å². The first-order valence-electron chi connectivity index (χ1n) is 8.90. The second-order valence-electron chi connectivity index (χ2n) is 6.19. The molecule has 0 bridgehead atoms. The molecule has 30 heavy (non-hydrogen) atoms. The zero-order chi connectivity index (χ0) is 22.2. The van der Waals surface area contributed by atoms with E-state index < -0.39 is 24.9 Å². The normalized spacial score (nSPS) is 11.6. The van der Waals surface area contributed by atoms with E-state index in [1.807, 2.05) is 0 Å². The highest BCUT2D eigenvalue weighted by Crippen LogP contribution is 2.27. The summed E-state index contributed by atoms with van der Waals surface area (Å²) >= 11 is 0. The van der Waals surface area contributed by atoms with Gasteiger partial charge in [-0.05, 0) is 42.7 Å². The Bertz CT molecular complexity index is 833. The summed E-state index contributed by atoms with van der Waals surface area (Å²) in [5.41, 5.74) is 0.0724. The van der Waals surface area contributed by atoms with Crippen LogP contribution in [0.1, 0.15) is 24.8 Å². The monoisotopic (exact) mass is 430 g/mol. The first kappa shape index (κ1) is 23.2. The summed E-state index contributed by atoms with van der Waals surface area (Å²) in [6.07, 6.45) is -9.23. The highest BCUT2D eigenvalue weighted by molar-refractivity contribution is 6.15. The number of alkyl halides is 5. The van der Waals surface area contributed by atoms with Crippen LogP contribution < -0.4 is 9.47 Å². The van der Waals surface area contributed by atoms with Gasteiger partial charge in [-0.1, -0.05) is 36.9 Å². The fourth-order valence-electron chi connectivity index (χ4n) is 2.31. The molecule has 0 aliphatic heterocycles. The Hall–Kier alpha value is -3.10. The van der Waals surface area contributed by atoms with Crippen LogP contribution in [0, 0.1) is 0 Å². The summed E-state index contributed by atoms with van der Waals surface area (Å²) in [5, 5.41) is 0. The molecule has 0 spiro atoms. The predicted octanol–water partition coefficient (Wildman–Crippen LogP) is 5.98. The van der Waals surface area contributed by atoms with Gasteiger partial charge in [-0.15, -0.1) is 8.78 Å². The maximum absolute atomic E-state index is 13.9. The Morgan fingerprint density at radius 3 is 2.07 bits per heavy atom. The van der Waals surface area contributed by atoms with Gasteiger partial charge in [0.15, 0.2) is 0 Å². The van der Waals surface area contributed by atoms with Crippen LogP contribution in [0.15, 0.2) is 61.2 Å². The number of carbonyl (C=O) groups excluding carboxylic acids is 1. The lowest BCUT2D eigenvalue weighted by molar-refractivity contribution is -0.331. The van der Waals surface area contributed by atoms with Crippen LogP contribution in [-0.2, 0) is 9.53 Å². The molecule has 9 heteroatoms. The average Bonchev–Trinajstić information content (AvgIpc) is 2.67. The molecule has 0 fully saturated rings. The van der Waals surface area contributed by atoms with Crippen molar-refractivity contribution in [2.24, 2.45) is 0 Å². The van der Waals surface area contributed by atoms with E-state index in [1.165, 1.54) is 24.3 Å². The molecule has 0 atom stereocenters. The van der Waals surface area contributed by atoms with E-state index in [0.717, 1.165) is 12.1 Å². The Labute approximate surface area is 169 Å². The van der Waals surface area contributed by atoms with Crippen molar-refractivity contribution < 1.29 is 41.0 Å². The summed E-state index contributed by atoms with van der Waals surface area (Å²) in [7, 11) is 0. The minimum absolute atomic E-state index is 0.0473. The molecule has 0 amide bonds. The Morgan fingerprint density at radius 1 is 0.867 bits per heavy atom. The van der Waals surface area contributed by atoms with Crippen LogP contribution in [0.2, 0.25) is 0 Å². The van der Waals surface area contributed by atoms with Gasteiger partial charge < -0.3 is 14.2 Å². The molecule has 0 saturated carbocycles. The Kier molecular flexibility index (Phi) is 7.79. The molecule has 4 nitrogen and oxygen atoms in total. The summed E-state index contributed by atoms with van der Waals surface area (Å²) in [4.78, 5) is 11.9. The molecule has 0 aliphatic carbocycles. The molecule has 0 aliphatic rings. The molecule has 2 aromatic carbocycles. The summed E-state index contributed by atoms with van der Waals surface area (Å²) < 4.78 is 77.6. The van der Waals surface area contributed by atoms with Crippen molar-refractivity contribution in [1.82, 2.24) is 0 Å². The number of esters is 1. The van der Waals surface area contributed by atoms with Crippen LogP contribution >= 0.6 is 0 Å². The number of unbranched alkanes of at least 4 members (excludes halogenated alkanes) is 1. The van der Waals surface area contributed by atoms with Gasteiger partial charge in [0.1, 0.15) is 11.5 Å². The molecular weight excluding hydrogens is 411 g/mol. The smallest absolute Gasteiger partial charge is 0.494 e. The van der Waals surface area contributed by atoms with Gasteiger partial charge in [0.25, 0.3) is 0 Å². The largest absolute Gasteiger partial charge is 0.588 e. The van der Waals surface area contributed by atoms with Crippen molar-refractivity contribution in [2.75, 3.05) is 6.61 Å². The quantitative estimate of drug-likeness (QED) is 0.153. The molecule has 0 aromatic heterocycles. The van der Waals surface area contributed by atoms with Crippen molar-refractivity contribution in [3.05, 3.63) is 66.7 Å². The fourth-order valence-corrected chi connectivity index (χ4v) is 2.31. The van der Waals surface area contributed by atoms with E-state index in [-0.39, 0.29) is 36.5 Å². The van der Waals surface area contributed by atoms with Crippen LogP contribution in [0.4, 0.5) is 22.0 Å². The molecule has 0 radical (unpaired) electrons. The minimum atomic E-state index is -4.24. The third kappa shape index (κ3) is 8.10. The minimum Gasteiger partial charge on any atom is -0.494 e. The predicted molar refractivity (Wildman–Crippen MR) is 99.0 cm³/mol. The van der Waals surface area contributed by atoms with E-state index in [2.05, 4.69) is 16.1 Å².